The van der Waals surface area contributed by atoms with Crippen LogP contribution in [0.15, 0.2) is 30.5 Å². The number of pyridine rings is 1. The molecule has 0 aliphatic heterocycles. The molecule has 1 aromatic heterocycles. The van der Waals surface area contributed by atoms with Gasteiger partial charge in [0.15, 0.2) is 0 Å². The number of anilines is 2. The number of hydrogen-bond acceptors (Lipinski definition) is 3. The van der Waals surface area contributed by atoms with Crippen LogP contribution in [0.2, 0.25) is 15.1 Å². The van der Waals surface area contributed by atoms with Crippen LogP contribution in [0.1, 0.15) is 10.4 Å². The van der Waals surface area contributed by atoms with Gasteiger partial charge in [-0.2, -0.15) is 0 Å². The van der Waals surface area contributed by atoms with Gasteiger partial charge in [0.05, 0.1) is 20.8 Å². The van der Waals surface area contributed by atoms with Crippen molar-refractivity contribution in [3.05, 3.63) is 51.1 Å². The molecule has 0 spiro atoms. The van der Waals surface area contributed by atoms with Crippen molar-refractivity contribution in [1.29, 1.82) is 0 Å². The molecule has 0 saturated heterocycles. The lowest BCUT2D eigenvalue weighted by molar-refractivity contribution is 0.102. The average molecular weight is 317 g/mol. The Morgan fingerprint density at radius 1 is 1.11 bits per heavy atom. The maximum Gasteiger partial charge on any atom is 0.255 e. The van der Waals surface area contributed by atoms with Crippen molar-refractivity contribution in [3.63, 3.8) is 0 Å². The smallest absolute Gasteiger partial charge is 0.255 e. The highest BCUT2D eigenvalue weighted by atomic mass is 35.5. The molecule has 0 radical (unpaired) electrons. The number of nitrogens with one attached hydrogen (secondary N) is 1. The van der Waals surface area contributed by atoms with E-state index in [2.05, 4.69) is 10.3 Å². The predicted octanol–water partition coefficient (Wildman–Crippen LogP) is 3.88. The van der Waals surface area contributed by atoms with Gasteiger partial charge in [0.25, 0.3) is 5.91 Å². The quantitative estimate of drug-likeness (QED) is 0.826. The Morgan fingerprint density at radius 2 is 1.79 bits per heavy atom. The van der Waals surface area contributed by atoms with Gasteiger partial charge in [-0.1, -0.05) is 34.8 Å². The lowest BCUT2D eigenvalue weighted by Gasteiger charge is -2.09. The molecule has 1 heterocycles. The topological polar surface area (TPSA) is 68.0 Å². The van der Waals surface area contributed by atoms with E-state index in [0.717, 1.165) is 0 Å². The summed E-state index contributed by atoms with van der Waals surface area (Å²) in [6.45, 7) is 0. The van der Waals surface area contributed by atoms with E-state index in [1.54, 1.807) is 0 Å². The number of halogens is 3. The molecule has 0 fully saturated rings. The zero-order valence-corrected chi connectivity index (χ0v) is 11.7. The Hall–Kier alpha value is -1.49. The summed E-state index contributed by atoms with van der Waals surface area (Å²) < 4.78 is 0. The highest BCUT2D eigenvalue weighted by Crippen LogP contribution is 2.32. The van der Waals surface area contributed by atoms with E-state index in [0.29, 0.717) is 26.3 Å². The Bertz CT molecular complexity index is 646. The van der Waals surface area contributed by atoms with Gasteiger partial charge in [-0.15, -0.1) is 0 Å². The van der Waals surface area contributed by atoms with Crippen LogP contribution in [-0.4, -0.2) is 10.9 Å². The minimum atomic E-state index is -0.366. The Morgan fingerprint density at radius 3 is 2.47 bits per heavy atom. The first-order valence-electron chi connectivity index (χ1n) is 5.15. The van der Waals surface area contributed by atoms with E-state index in [9.17, 15) is 4.79 Å². The standard InChI is InChI=1S/C12H8Cl3N3O/c13-7-4-9(15)10(5-8(7)14)18-12(19)6-1-2-17-11(16)3-6/h1-5H,(H2,16,17)(H,18,19). The molecule has 0 saturated carbocycles. The maximum absolute atomic E-state index is 12.0. The van der Waals surface area contributed by atoms with Gasteiger partial charge in [0.2, 0.25) is 0 Å². The van der Waals surface area contributed by atoms with Crippen LogP contribution in [0.3, 0.4) is 0 Å². The van der Waals surface area contributed by atoms with E-state index < -0.39 is 0 Å². The van der Waals surface area contributed by atoms with Crippen molar-refractivity contribution in [2.75, 3.05) is 11.1 Å². The Balaban J connectivity index is 2.27. The fraction of sp³-hybridized carbons (Fsp3) is 0. The van der Waals surface area contributed by atoms with Crippen LogP contribution >= 0.6 is 34.8 Å². The van der Waals surface area contributed by atoms with Gasteiger partial charge >= 0.3 is 0 Å². The zero-order valence-electron chi connectivity index (χ0n) is 9.45. The average Bonchev–Trinajstić information content (AvgIpc) is 2.36. The third-order valence-electron chi connectivity index (χ3n) is 2.30. The number of nitrogens with zero attached hydrogens (tertiary/aromatic N) is 1. The van der Waals surface area contributed by atoms with Gasteiger partial charge in [-0.3, -0.25) is 4.79 Å². The minimum Gasteiger partial charge on any atom is -0.384 e. The molecule has 98 valence electrons. The molecule has 4 nitrogen and oxygen atoms in total. The molecule has 2 aromatic rings. The van der Waals surface area contributed by atoms with Crippen molar-refractivity contribution in [3.8, 4) is 0 Å². The Kier molecular flexibility index (Phi) is 4.14. The molecule has 19 heavy (non-hydrogen) atoms. The number of nitrogen functional groups attached to an aromatic ring is 1. The van der Waals surface area contributed by atoms with Crippen LogP contribution in [0.5, 0.6) is 0 Å². The number of carbonyl (C=O) groups is 1. The number of nitrogens with two attached hydrogens (primary N) is 1. The SMILES string of the molecule is Nc1cc(C(=O)Nc2cc(Cl)c(Cl)cc2Cl)ccn1. The highest BCUT2D eigenvalue weighted by Gasteiger charge is 2.11. The number of carbonyl (C=O) groups excluding carboxylic acids is 1. The summed E-state index contributed by atoms with van der Waals surface area (Å²) in [5.41, 5.74) is 6.25. The third-order valence-corrected chi connectivity index (χ3v) is 3.34. The van der Waals surface area contributed by atoms with Gasteiger partial charge < -0.3 is 11.1 Å². The zero-order chi connectivity index (χ0) is 14.0. The first kappa shape index (κ1) is 13.9. The summed E-state index contributed by atoms with van der Waals surface area (Å²) >= 11 is 17.6. The van der Waals surface area contributed by atoms with Crippen molar-refractivity contribution < 1.29 is 4.79 Å². The number of aromatic nitrogens is 1. The van der Waals surface area contributed by atoms with E-state index in [1.165, 1.54) is 30.5 Å². The van der Waals surface area contributed by atoms with Crippen LogP contribution in [0, 0.1) is 0 Å². The second-order valence-electron chi connectivity index (χ2n) is 3.67. The minimum absolute atomic E-state index is 0.257. The number of benzene rings is 1. The van der Waals surface area contributed by atoms with Crippen LogP contribution < -0.4 is 11.1 Å². The molecule has 0 bridgehead atoms. The summed E-state index contributed by atoms with van der Waals surface area (Å²) in [4.78, 5) is 15.8. The molecule has 0 aliphatic carbocycles. The lowest BCUT2D eigenvalue weighted by atomic mass is 10.2. The molecule has 3 N–H and O–H groups in total. The van der Waals surface area contributed by atoms with Crippen LogP contribution in [0.25, 0.3) is 0 Å². The fourth-order valence-electron chi connectivity index (χ4n) is 1.40. The monoisotopic (exact) mass is 315 g/mol. The molecule has 7 heteroatoms. The molecular formula is C12H8Cl3N3O. The molecule has 2 rings (SSSR count). The van der Waals surface area contributed by atoms with Crippen LogP contribution in [0.4, 0.5) is 11.5 Å². The number of amides is 1. The molecule has 1 aromatic carbocycles. The normalized spacial score (nSPS) is 10.3. The van der Waals surface area contributed by atoms with E-state index in [4.69, 9.17) is 40.5 Å². The first-order chi connectivity index (χ1) is 8.97. The second-order valence-corrected chi connectivity index (χ2v) is 4.89. The van der Waals surface area contributed by atoms with Gasteiger partial charge in [-0.25, -0.2) is 4.98 Å². The largest absolute Gasteiger partial charge is 0.384 e. The van der Waals surface area contributed by atoms with Gasteiger partial charge in [0, 0.05) is 11.8 Å². The maximum atomic E-state index is 12.0. The summed E-state index contributed by atoms with van der Waals surface area (Å²) in [5.74, 6) is -0.109. The lowest BCUT2D eigenvalue weighted by Crippen LogP contribution is -2.12. The number of hydrogen-bond donors (Lipinski definition) is 2. The molecule has 0 unspecified atom stereocenters. The van der Waals surface area contributed by atoms with E-state index in [-0.39, 0.29) is 11.7 Å². The molecular weight excluding hydrogens is 309 g/mol. The molecule has 0 aliphatic rings. The van der Waals surface area contributed by atoms with Crippen molar-refractivity contribution >= 4 is 52.2 Å². The van der Waals surface area contributed by atoms with E-state index in [1.807, 2.05) is 0 Å². The predicted molar refractivity (Wildman–Crippen MR) is 78.1 cm³/mol. The number of rotatable bonds is 2. The Labute approximate surface area is 124 Å². The van der Waals surface area contributed by atoms with Crippen molar-refractivity contribution in [2.45, 2.75) is 0 Å². The summed E-state index contributed by atoms with van der Waals surface area (Å²) in [7, 11) is 0. The molecule has 0 atom stereocenters. The first-order valence-corrected chi connectivity index (χ1v) is 6.28. The van der Waals surface area contributed by atoms with Gasteiger partial charge in [0.1, 0.15) is 5.82 Å². The fourth-order valence-corrected chi connectivity index (χ4v) is 2.00. The second kappa shape index (κ2) is 5.65. The van der Waals surface area contributed by atoms with Gasteiger partial charge in [-0.05, 0) is 24.3 Å². The van der Waals surface area contributed by atoms with Crippen LogP contribution in [-0.2, 0) is 0 Å². The van der Waals surface area contributed by atoms with Crippen molar-refractivity contribution in [1.82, 2.24) is 4.98 Å². The van der Waals surface area contributed by atoms with Crippen molar-refractivity contribution in [2.24, 2.45) is 0 Å². The summed E-state index contributed by atoms with van der Waals surface area (Å²) in [6, 6.07) is 5.94. The van der Waals surface area contributed by atoms with E-state index >= 15 is 0 Å². The third kappa shape index (κ3) is 3.29. The summed E-state index contributed by atoms with van der Waals surface area (Å²) in [6.07, 6.45) is 1.45. The molecule has 1 amide bonds. The highest BCUT2D eigenvalue weighted by molar-refractivity contribution is 6.44. The summed E-state index contributed by atoms with van der Waals surface area (Å²) in [5, 5.41) is 3.54.